The molecule has 1 aliphatic rings. The van der Waals surface area contributed by atoms with Crippen molar-refractivity contribution in [2.24, 2.45) is 5.73 Å². The third kappa shape index (κ3) is 3.05. The molecule has 1 fully saturated rings. The first kappa shape index (κ1) is 14.2. The van der Waals surface area contributed by atoms with Crippen molar-refractivity contribution in [1.29, 1.82) is 0 Å². The van der Waals surface area contributed by atoms with Crippen LogP contribution in [-0.4, -0.2) is 55.0 Å². The molecule has 1 heterocycles. The maximum atomic E-state index is 13.4. The number of rotatable bonds is 2. The van der Waals surface area contributed by atoms with Crippen LogP contribution in [0.5, 0.6) is 0 Å². The number of nitrogens with zero attached hydrogens (tertiary/aromatic N) is 2. The number of hydrogen-bond donors (Lipinski definition) is 1. The van der Waals surface area contributed by atoms with Crippen molar-refractivity contribution >= 4 is 17.5 Å². The summed E-state index contributed by atoms with van der Waals surface area (Å²) < 4.78 is 13.4. The van der Waals surface area contributed by atoms with E-state index in [1.54, 1.807) is 11.0 Å². The molecule has 0 bridgehead atoms. The fourth-order valence-corrected chi connectivity index (χ4v) is 2.39. The average molecular weight is 286 g/mol. The molecule has 1 unspecified atom stereocenters. The fraction of sp³-hybridized carbons (Fsp3) is 0.462. The van der Waals surface area contributed by atoms with Gasteiger partial charge in [0.1, 0.15) is 5.82 Å². The van der Waals surface area contributed by atoms with Gasteiger partial charge in [0, 0.05) is 31.7 Å². The fourth-order valence-electron chi connectivity index (χ4n) is 2.27. The van der Waals surface area contributed by atoms with Gasteiger partial charge in [-0.2, -0.15) is 0 Å². The first-order valence-electron chi connectivity index (χ1n) is 6.17. The third-order valence-corrected chi connectivity index (χ3v) is 3.69. The number of likely N-dealkylation sites (N-methyl/N-ethyl adjacent to an activating group) is 1. The van der Waals surface area contributed by atoms with E-state index in [9.17, 15) is 9.18 Å². The number of carbonyl (C=O) groups is 1. The number of piperazine rings is 1. The highest BCUT2D eigenvalue weighted by Crippen LogP contribution is 2.18. The minimum atomic E-state index is -0.578. The van der Waals surface area contributed by atoms with E-state index in [-0.39, 0.29) is 17.0 Å². The van der Waals surface area contributed by atoms with Crippen molar-refractivity contribution < 1.29 is 9.18 Å². The normalized spacial score (nSPS) is 20.6. The van der Waals surface area contributed by atoms with E-state index < -0.39 is 5.82 Å². The molecule has 2 N–H and O–H groups in total. The SMILES string of the molecule is CN1CCN(C(=O)c2ccc(Cl)c(F)c2)C(CN)C1. The minimum absolute atomic E-state index is 0.0188. The molecule has 1 atom stereocenters. The number of carbonyl (C=O) groups excluding carboxylic acids is 1. The number of amides is 1. The van der Waals surface area contributed by atoms with Crippen LogP contribution in [-0.2, 0) is 0 Å². The molecule has 6 heteroatoms. The molecule has 0 radical (unpaired) electrons. The summed E-state index contributed by atoms with van der Waals surface area (Å²) in [6, 6.07) is 4.08. The Kier molecular flexibility index (Phi) is 4.39. The Hall–Kier alpha value is -1.17. The Labute approximate surface area is 116 Å². The van der Waals surface area contributed by atoms with Crippen molar-refractivity contribution in [1.82, 2.24) is 9.80 Å². The molecular weight excluding hydrogens is 269 g/mol. The van der Waals surface area contributed by atoms with Gasteiger partial charge in [0.15, 0.2) is 0 Å². The summed E-state index contributed by atoms with van der Waals surface area (Å²) in [5.74, 6) is -0.773. The second-order valence-corrected chi connectivity index (χ2v) is 5.19. The highest BCUT2D eigenvalue weighted by atomic mass is 35.5. The quantitative estimate of drug-likeness (QED) is 0.888. The van der Waals surface area contributed by atoms with Gasteiger partial charge in [0.25, 0.3) is 5.91 Å². The Balaban J connectivity index is 2.20. The van der Waals surface area contributed by atoms with Crippen molar-refractivity contribution in [2.75, 3.05) is 33.2 Å². The summed E-state index contributed by atoms with van der Waals surface area (Å²) in [5, 5.41) is 0.0188. The van der Waals surface area contributed by atoms with Crippen LogP contribution in [0.3, 0.4) is 0 Å². The number of benzene rings is 1. The van der Waals surface area contributed by atoms with E-state index >= 15 is 0 Å². The highest BCUT2D eigenvalue weighted by Gasteiger charge is 2.28. The predicted molar refractivity (Wildman–Crippen MR) is 72.8 cm³/mol. The van der Waals surface area contributed by atoms with E-state index in [1.165, 1.54) is 12.1 Å². The topological polar surface area (TPSA) is 49.6 Å². The molecule has 4 nitrogen and oxygen atoms in total. The summed E-state index contributed by atoms with van der Waals surface area (Å²) >= 11 is 5.62. The van der Waals surface area contributed by atoms with Crippen LogP contribution in [0.4, 0.5) is 4.39 Å². The zero-order valence-corrected chi connectivity index (χ0v) is 11.5. The number of hydrogen-bond acceptors (Lipinski definition) is 3. The average Bonchev–Trinajstić information content (AvgIpc) is 2.41. The summed E-state index contributed by atoms with van der Waals surface area (Å²) in [4.78, 5) is 16.2. The largest absolute Gasteiger partial charge is 0.332 e. The Morgan fingerprint density at radius 1 is 1.53 bits per heavy atom. The van der Waals surface area contributed by atoms with E-state index in [4.69, 9.17) is 17.3 Å². The molecule has 0 aromatic heterocycles. The molecule has 1 amide bonds. The summed E-state index contributed by atoms with van der Waals surface area (Å²) in [5.41, 5.74) is 6.02. The molecule has 2 rings (SSSR count). The van der Waals surface area contributed by atoms with Gasteiger partial charge in [-0.1, -0.05) is 11.6 Å². The van der Waals surface area contributed by atoms with Crippen LogP contribution in [0.25, 0.3) is 0 Å². The van der Waals surface area contributed by atoms with Crippen molar-refractivity contribution in [3.8, 4) is 0 Å². The molecule has 1 aromatic rings. The van der Waals surface area contributed by atoms with Crippen LogP contribution >= 0.6 is 11.6 Å². The lowest BCUT2D eigenvalue weighted by atomic mass is 10.1. The maximum absolute atomic E-state index is 13.4. The van der Waals surface area contributed by atoms with Crippen molar-refractivity contribution in [2.45, 2.75) is 6.04 Å². The first-order valence-corrected chi connectivity index (χ1v) is 6.55. The van der Waals surface area contributed by atoms with Gasteiger partial charge < -0.3 is 15.5 Å². The second kappa shape index (κ2) is 5.86. The smallest absolute Gasteiger partial charge is 0.254 e. The standard InChI is InChI=1S/C13H17ClFN3O/c1-17-4-5-18(10(7-16)8-17)13(19)9-2-3-11(14)12(15)6-9/h2-3,6,10H,4-5,7-8,16H2,1H3. The summed E-state index contributed by atoms with van der Waals surface area (Å²) in [6.07, 6.45) is 0. The van der Waals surface area contributed by atoms with Gasteiger partial charge >= 0.3 is 0 Å². The van der Waals surface area contributed by atoms with Gasteiger partial charge in [0.05, 0.1) is 11.1 Å². The van der Waals surface area contributed by atoms with Crippen LogP contribution in [0.15, 0.2) is 18.2 Å². The van der Waals surface area contributed by atoms with E-state index in [0.29, 0.717) is 18.7 Å². The Morgan fingerprint density at radius 2 is 2.26 bits per heavy atom. The van der Waals surface area contributed by atoms with Gasteiger partial charge in [-0.3, -0.25) is 4.79 Å². The van der Waals surface area contributed by atoms with Crippen LogP contribution in [0, 0.1) is 5.82 Å². The summed E-state index contributed by atoms with van der Waals surface area (Å²) in [7, 11) is 1.99. The Morgan fingerprint density at radius 3 is 2.89 bits per heavy atom. The van der Waals surface area contributed by atoms with Gasteiger partial charge in [-0.25, -0.2) is 4.39 Å². The molecule has 1 saturated heterocycles. The highest BCUT2D eigenvalue weighted by molar-refractivity contribution is 6.30. The number of halogens is 2. The molecule has 104 valence electrons. The third-order valence-electron chi connectivity index (χ3n) is 3.39. The van der Waals surface area contributed by atoms with Crippen LogP contribution in [0.1, 0.15) is 10.4 Å². The zero-order valence-electron chi connectivity index (χ0n) is 10.8. The molecule has 1 aromatic carbocycles. The van der Waals surface area contributed by atoms with Gasteiger partial charge in [-0.15, -0.1) is 0 Å². The first-order chi connectivity index (χ1) is 9.02. The molecular formula is C13H17ClFN3O. The lowest BCUT2D eigenvalue weighted by Gasteiger charge is -2.39. The van der Waals surface area contributed by atoms with Crippen molar-refractivity contribution in [3.05, 3.63) is 34.6 Å². The molecule has 0 spiro atoms. The van der Waals surface area contributed by atoms with Crippen LogP contribution < -0.4 is 5.73 Å². The Bertz CT molecular complexity index is 483. The second-order valence-electron chi connectivity index (χ2n) is 4.78. The van der Waals surface area contributed by atoms with Gasteiger partial charge in [-0.05, 0) is 25.2 Å². The lowest BCUT2D eigenvalue weighted by Crippen LogP contribution is -2.56. The molecule has 19 heavy (non-hydrogen) atoms. The monoisotopic (exact) mass is 285 g/mol. The molecule has 0 aliphatic carbocycles. The van der Waals surface area contributed by atoms with Crippen LogP contribution in [0.2, 0.25) is 5.02 Å². The predicted octanol–water partition coefficient (Wildman–Crippen LogP) is 1.19. The van der Waals surface area contributed by atoms with E-state index in [2.05, 4.69) is 4.90 Å². The van der Waals surface area contributed by atoms with E-state index in [0.717, 1.165) is 13.1 Å². The maximum Gasteiger partial charge on any atom is 0.254 e. The molecule has 0 saturated carbocycles. The summed E-state index contributed by atoms with van der Waals surface area (Å²) in [6.45, 7) is 2.52. The molecule has 1 aliphatic heterocycles. The lowest BCUT2D eigenvalue weighted by molar-refractivity contribution is 0.0515. The minimum Gasteiger partial charge on any atom is -0.332 e. The zero-order chi connectivity index (χ0) is 14.0. The van der Waals surface area contributed by atoms with Crippen molar-refractivity contribution in [3.63, 3.8) is 0 Å². The number of nitrogens with two attached hydrogens (primary N) is 1. The van der Waals surface area contributed by atoms with E-state index in [1.807, 2.05) is 7.05 Å². The van der Waals surface area contributed by atoms with Gasteiger partial charge in [0.2, 0.25) is 0 Å².